The molecule has 0 fully saturated rings. The van der Waals surface area contributed by atoms with Crippen LogP contribution in [0, 0.1) is 17.1 Å². The molecule has 3 aromatic rings. The molecule has 0 saturated heterocycles. The number of nitrogens with two attached hydrogens (primary N) is 1. The lowest BCUT2D eigenvalue weighted by atomic mass is 9.97. The molecule has 0 saturated carbocycles. The van der Waals surface area contributed by atoms with Crippen LogP contribution >= 0.6 is 0 Å². The number of anilines is 1. The first-order chi connectivity index (χ1) is 14.6. The number of hydrogen-bond acceptors (Lipinski definition) is 2. The summed E-state index contributed by atoms with van der Waals surface area (Å²) in [5, 5.41) is 13.5. The molecule has 0 aliphatic heterocycles. The van der Waals surface area contributed by atoms with Crippen LogP contribution in [0.2, 0.25) is 0 Å². The fraction of sp³-hybridized carbons (Fsp3) is 0.200. The Labute approximate surface area is 176 Å². The summed E-state index contributed by atoms with van der Waals surface area (Å²) in [7, 11) is 0. The second-order valence-electron chi connectivity index (χ2n) is 7.15. The molecule has 3 rings (SSSR count). The van der Waals surface area contributed by atoms with Crippen molar-refractivity contribution >= 4 is 11.6 Å². The van der Waals surface area contributed by atoms with Gasteiger partial charge in [-0.1, -0.05) is 55.5 Å². The van der Waals surface area contributed by atoms with Gasteiger partial charge in [-0.05, 0) is 41.8 Å². The first-order valence-electron chi connectivity index (χ1n) is 10.0. The first-order valence-corrected chi connectivity index (χ1v) is 10.0. The summed E-state index contributed by atoms with van der Waals surface area (Å²) in [6.45, 7) is 2.29. The van der Waals surface area contributed by atoms with Crippen LogP contribution in [0.4, 0.5) is 10.1 Å². The van der Waals surface area contributed by atoms with Gasteiger partial charge in [-0.3, -0.25) is 4.79 Å². The van der Waals surface area contributed by atoms with Gasteiger partial charge in [0.25, 0.3) is 5.91 Å². The third-order valence-electron chi connectivity index (χ3n) is 5.01. The van der Waals surface area contributed by atoms with Crippen molar-refractivity contribution in [3.8, 4) is 6.07 Å². The summed E-state index contributed by atoms with van der Waals surface area (Å²) in [5.41, 5.74) is 4.65. The van der Waals surface area contributed by atoms with E-state index in [4.69, 9.17) is 5.26 Å². The molecule has 0 radical (unpaired) electrons. The number of carbonyl (C=O) groups excluding carboxylic acids is 1. The lowest BCUT2D eigenvalue weighted by Gasteiger charge is -2.17. The van der Waals surface area contributed by atoms with E-state index in [-0.39, 0.29) is 24.3 Å². The number of nitrogens with zero attached hydrogens (tertiary/aromatic N) is 1. The Morgan fingerprint density at radius 3 is 2.37 bits per heavy atom. The van der Waals surface area contributed by atoms with E-state index < -0.39 is 0 Å². The summed E-state index contributed by atoms with van der Waals surface area (Å²) in [6.07, 6.45) is 1.29. The molecule has 3 aromatic carbocycles. The molecule has 1 atom stereocenters. The summed E-state index contributed by atoms with van der Waals surface area (Å²) in [4.78, 5) is 12.5. The quantitative estimate of drug-likeness (QED) is 0.603. The Balaban J connectivity index is 1.71. The third-order valence-corrected chi connectivity index (χ3v) is 5.01. The van der Waals surface area contributed by atoms with Crippen molar-refractivity contribution in [2.45, 2.75) is 25.8 Å². The predicted molar refractivity (Wildman–Crippen MR) is 115 cm³/mol. The van der Waals surface area contributed by atoms with Crippen molar-refractivity contribution < 1.29 is 14.5 Å². The van der Waals surface area contributed by atoms with E-state index >= 15 is 0 Å². The van der Waals surface area contributed by atoms with Crippen LogP contribution in [0.15, 0.2) is 72.8 Å². The van der Waals surface area contributed by atoms with E-state index in [0.717, 1.165) is 23.1 Å². The zero-order chi connectivity index (χ0) is 21.3. The highest BCUT2D eigenvalue weighted by Crippen LogP contribution is 2.20. The molecule has 0 aromatic heterocycles. The molecule has 0 unspecified atom stereocenters. The highest BCUT2D eigenvalue weighted by atomic mass is 19.1. The van der Waals surface area contributed by atoms with Crippen molar-refractivity contribution in [1.82, 2.24) is 0 Å². The number of quaternary nitrogens is 1. The predicted octanol–water partition coefficient (Wildman–Crippen LogP) is 3.75. The Kier molecular flexibility index (Phi) is 7.31. The van der Waals surface area contributed by atoms with E-state index in [0.29, 0.717) is 12.1 Å². The van der Waals surface area contributed by atoms with Gasteiger partial charge < -0.3 is 10.6 Å². The first kappa shape index (κ1) is 21.2. The average Bonchev–Trinajstić information content (AvgIpc) is 2.76. The van der Waals surface area contributed by atoms with Crippen molar-refractivity contribution in [3.63, 3.8) is 0 Å². The highest BCUT2D eigenvalue weighted by molar-refractivity contribution is 5.91. The highest BCUT2D eigenvalue weighted by Gasteiger charge is 2.19. The molecular formula is C25H25FN3O+. The standard InChI is InChI=1S/C25H24FN3O/c1-2-18-6-10-20(11-7-18)25(21-4-3-5-22(26)16-21)28-17-24(30)29-23-12-8-19(9-13-23)14-15-27/h3-13,16,25,28H,2,14,17H2,1H3,(H,29,30)/p+1/t25-/m1/s1. The van der Waals surface area contributed by atoms with Gasteiger partial charge in [0.15, 0.2) is 6.54 Å². The fourth-order valence-corrected chi connectivity index (χ4v) is 3.36. The van der Waals surface area contributed by atoms with E-state index in [1.54, 1.807) is 18.2 Å². The maximum absolute atomic E-state index is 13.8. The van der Waals surface area contributed by atoms with Crippen LogP contribution in [-0.4, -0.2) is 12.5 Å². The molecular weight excluding hydrogens is 377 g/mol. The number of amides is 1. The number of halogens is 1. The van der Waals surface area contributed by atoms with Gasteiger partial charge in [0.2, 0.25) is 0 Å². The van der Waals surface area contributed by atoms with E-state index in [2.05, 4.69) is 30.4 Å². The van der Waals surface area contributed by atoms with Gasteiger partial charge in [-0.15, -0.1) is 0 Å². The largest absolute Gasteiger partial charge is 0.328 e. The van der Waals surface area contributed by atoms with Crippen LogP contribution in [0.1, 0.15) is 35.2 Å². The number of nitriles is 1. The Morgan fingerprint density at radius 1 is 1.03 bits per heavy atom. The van der Waals surface area contributed by atoms with Crippen LogP contribution in [-0.2, 0) is 17.6 Å². The molecule has 152 valence electrons. The normalized spacial score (nSPS) is 11.5. The minimum absolute atomic E-state index is 0.144. The van der Waals surface area contributed by atoms with Crippen LogP contribution < -0.4 is 10.6 Å². The Hall–Kier alpha value is -3.49. The van der Waals surface area contributed by atoms with Gasteiger partial charge in [-0.25, -0.2) is 4.39 Å². The molecule has 3 N–H and O–H groups in total. The molecule has 0 aliphatic rings. The van der Waals surface area contributed by atoms with Crippen molar-refractivity contribution in [1.29, 1.82) is 5.26 Å². The number of carbonyl (C=O) groups is 1. The molecule has 1 amide bonds. The van der Waals surface area contributed by atoms with Crippen molar-refractivity contribution in [2.24, 2.45) is 0 Å². The fourth-order valence-electron chi connectivity index (χ4n) is 3.36. The van der Waals surface area contributed by atoms with Crippen molar-refractivity contribution in [2.75, 3.05) is 11.9 Å². The minimum Gasteiger partial charge on any atom is -0.328 e. The van der Waals surface area contributed by atoms with Gasteiger partial charge in [0.05, 0.1) is 12.5 Å². The summed E-state index contributed by atoms with van der Waals surface area (Å²) >= 11 is 0. The molecule has 0 heterocycles. The summed E-state index contributed by atoms with van der Waals surface area (Å²) in [5.74, 6) is -0.437. The van der Waals surface area contributed by atoms with Crippen LogP contribution in [0.3, 0.4) is 0 Å². The number of benzene rings is 3. The molecule has 0 bridgehead atoms. The second kappa shape index (κ2) is 10.3. The smallest absolute Gasteiger partial charge is 0.279 e. The molecule has 0 spiro atoms. The summed E-state index contributed by atoms with van der Waals surface area (Å²) in [6, 6.07) is 23.9. The second-order valence-corrected chi connectivity index (χ2v) is 7.15. The molecule has 0 aliphatic carbocycles. The third kappa shape index (κ3) is 5.76. The number of hydrogen-bond donors (Lipinski definition) is 2. The molecule has 5 heteroatoms. The number of nitrogens with one attached hydrogen (secondary N) is 1. The zero-order valence-electron chi connectivity index (χ0n) is 16.9. The van der Waals surface area contributed by atoms with Gasteiger partial charge in [0.1, 0.15) is 11.9 Å². The average molecular weight is 402 g/mol. The van der Waals surface area contributed by atoms with Gasteiger partial charge in [0, 0.05) is 16.8 Å². The lowest BCUT2D eigenvalue weighted by Crippen LogP contribution is -2.87. The molecule has 30 heavy (non-hydrogen) atoms. The number of rotatable bonds is 8. The van der Waals surface area contributed by atoms with E-state index in [1.165, 1.54) is 17.7 Å². The Morgan fingerprint density at radius 2 is 1.73 bits per heavy atom. The number of aryl methyl sites for hydroxylation is 1. The monoisotopic (exact) mass is 402 g/mol. The van der Waals surface area contributed by atoms with Gasteiger partial charge >= 0.3 is 0 Å². The SMILES string of the molecule is CCc1ccc([C@@H]([NH2+]CC(=O)Nc2ccc(CC#N)cc2)c2cccc(F)c2)cc1. The molecule has 4 nitrogen and oxygen atoms in total. The maximum Gasteiger partial charge on any atom is 0.279 e. The summed E-state index contributed by atoms with van der Waals surface area (Å²) < 4.78 is 13.8. The minimum atomic E-state index is -0.294. The lowest BCUT2D eigenvalue weighted by molar-refractivity contribution is -0.676. The van der Waals surface area contributed by atoms with Crippen LogP contribution in [0.5, 0.6) is 0 Å². The van der Waals surface area contributed by atoms with Gasteiger partial charge in [-0.2, -0.15) is 5.26 Å². The Bertz CT molecular complexity index is 1020. The van der Waals surface area contributed by atoms with E-state index in [1.807, 2.05) is 35.6 Å². The van der Waals surface area contributed by atoms with Crippen molar-refractivity contribution in [3.05, 3.63) is 101 Å². The topological polar surface area (TPSA) is 69.5 Å². The van der Waals surface area contributed by atoms with Crippen LogP contribution in [0.25, 0.3) is 0 Å². The maximum atomic E-state index is 13.8. The zero-order valence-corrected chi connectivity index (χ0v) is 16.9. The van der Waals surface area contributed by atoms with E-state index in [9.17, 15) is 9.18 Å².